The van der Waals surface area contributed by atoms with Gasteiger partial charge in [0.15, 0.2) is 0 Å². The van der Waals surface area contributed by atoms with Gasteiger partial charge in [-0.15, -0.1) is 0 Å². The SMILES string of the molecule is COCCN(CCC(C)C1CCCNC1)C(C)C1CC1. The molecule has 0 spiro atoms. The lowest BCUT2D eigenvalue weighted by Gasteiger charge is -2.33. The molecule has 0 amide bonds. The Balaban J connectivity index is 1.74. The molecule has 0 aromatic carbocycles. The van der Waals surface area contributed by atoms with Crippen LogP contribution >= 0.6 is 0 Å². The Morgan fingerprint density at radius 2 is 1.95 bits per heavy atom. The van der Waals surface area contributed by atoms with Crippen molar-refractivity contribution in [2.45, 2.75) is 52.0 Å². The topological polar surface area (TPSA) is 24.5 Å². The van der Waals surface area contributed by atoms with Gasteiger partial charge < -0.3 is 10.1 Å². The van der Waals surface area contributed by atoms with Gasteiger partial charge in [0.25, 0.3) is 0 Å². The summed E-state index contributed by atoms with van der Waals surface area (Å²) in [5.74, 6) is 2.70. The molecule has 118 valence electrons. The lowest BCUT2D eigenvalue weighted by molar-refractivity contribution is 0.107. The molecule has 3 atom stereocenters. The van der Waals surface area contributed by atoms with Crippen molar-refractivity contribution in [3.05, 3.63) is 0 Å². The number of nitrogens with one attached hydrogen (secondary N) is 1. The zero-order chi connectivity index (χ0) is 14.4. The predicted molar refractivity (Wildman–Crippen MR) is 85.0 cm³/mol. The highest BCUT2D eigenvalue weighted by molar-refractivity contribution is 4.86. The normalized spacial score (nSPS) is 26.7. The summed E-state index contributed by atoms with van der Waals surface area (Å²) in [4.78, 5) is 2.67. The van der Waals surface area contributed by atoms with Gasteiger partial charge in [-0.2, -0.15) is 0 Å². The van der Waals surface area contributed by atoms with E-state index in [9.17, 15) is 0 Å². The number of hydrogen-bond donors (Lipinski definition) is 1. The van der Waals surface area contributed by atoms with Gasteiger partial charge in [-0.05, 0) is 76.4 Å². The third-order valence-corrected chi connectivity index (χ3v) is 5.47. The Kier molecular flexibility index (Phi) is 6.79. The second kappa shape index (κ2) is 8.35. The van der Waals surface area contributed by atoms with Crippen molar-refractivity contribution in [2.75, 3.05) is 39.9 Å². The van der Waals surface area contributed by atoms with E-state index in [-0.39, 0.29) is 0 Å². The second-order valence-corrected chi connectivity index (χ2v) is 6.98. The van der Waals surface area contributed by atoms with E-state index >= 15 is 0 Å². The molecule has 20 heavy (non-hydrogen) atoms. The number of rotatable bonds is 9. The fourth-order valence-corrected chi connectivity index (χ4v) is 3.57. The van der Waals surface area contributed by atoms with E-state index in [4.69, 9.17) is 4.74 Å². The summed E-state index contributed by atoms with van der Waals surface area (Å²) in [5.41, 5.74) is 0. The number of methoxy groups -OCH3 is 1. The first kappa shape index (κ1) is 16.3. The molecule has 0 bridgehead atoms. The maximum atomic E-state index is 5.29. The first-order valence-corrected chi connectivity index (χ1v) is 8.66. The molecule has 1 aliphatic carbocycles. The summed E-state index contributed by atoms with van der Waals surface area (Å²) >= 11 is 0. The minimum absolute atomic E-state index is 0.752. The van der Waals surface area contributed by atoms with Gasteiger partial charge in [0.1, 0.15) is 0 Å². The highest BCUT2D eigenvalue weighted by Crippen LogP contribution is 2.35. The molecular formula is C17H34N2O. The van der Waals surface area contributed by atoms with E-state index < -0.39 is 0 Å². The van der Waals surface area contributed by atoms with Gasteiger partial charge >= 0.3 is 0 Å². The number of nitrogens with zero attached hydrogens (tertiary/aromatic N) is 1. The van der Waals surface area contributed by atoms with Crippen LogP contribution in [0.2, 0.25) is 0 Å². The zero-order valence-electron chi connectivity index (χ0n) is 13.7. The van der Waals surface area contributed by atoms with Gasteiger partial charge in [-0.3, -0.25) is 4.90 Å². The summed E-state index contributed by atoms with van der Waals surface area (Å²) in [7, 11) is 1.82. The Bertz CT molecular complexity index is 262. The van der Waals surface area contributed by atoms with Gasteiger partial charge in [-0.1, -0.05) is 6.92 Å². The van der Waals surface area contributed by atoms with Crippen molar-refractivity contribution in [3.63, 3.8) is 0 Å². The summed E-state index contributed by atoms with van der Waals surface area (Å²) in [6.07, 6.45) is 7.00. The summed E-state index contributed by atoms with van der Waals surface area (Å²) in [6, 6.07) is 0.752. The van der Waals surface area contributed by atoms with Crippen LogP contribution in [0.1, 0.15) is 46.0 Å². The first-order valence-electron chi connectivity index (χ1n) is 8.66. The molecular weight excluding hydrogens is 248 g/mol. The van der Waals surface area contributed by atoms with E-state index in [0.717, 1.165) is 36.9 Å². The van der Waals surface area contributed by atoms with Gasteiger partial charge in [-0.25, -0.2) is 0 Å². The lowest BCUT2D eigenvalue weighted by Crippen LogP contribution is -2.40. The molecule has 3 unspecified atom stereocenters. The zero-order valence-corrected chi connectivity index (χ0v) is 13.7. The van der Waals surface area contributed by atoms with Crippen LogP contribution in [0, 0.1) is 17.8 Å². The molecule has 0 aromatic rings. The highest BCUT2D eigenvalue weighted by atomic mass is 16.5. The van der Waals surface area contributed by atoms with Crippen LogP contribution in [0.15, 0.2) is 0 Å². The number of hydrogen-bond acceptors (Lipinski definition) is 3. The van der Waals surface area contributed by atoms with Crippen LogP contribution in [-0.4, -0.2) is 50.8 Å². The van der Waals surface area contributed by atoms with Crippen molar-refractivity contribution in [1.29, 1.82) is 0 Å². The van der Waals surface area contributed by atoms with Crippen molar-refractivity contribution in [1.82, 2.24) is 10.2 Å². The van der Waals surface area contributed by atoms with Crippen LogP contribution in [-0.2, 0) is 4.74 Å². The Hall–Kier alpha value is -0.120. The monoisotopic (exact) mass is 282 g/mol. The van der Waals surface area contributed by atoms with Crippen LogP contribution in [0.25, 0.3) is 0 Å². The summed E-state index contributed by atoms with van der Waals surface area (Å²) in [6.45, 7) is 10.5. The van der Waals surface area contributed by atoms with Gasteiger partial charge in [0.05, 0.1) is 6.61 Å². The molecule has 3 heteroatoms. The van der Waals surface area contributed by atoms with Crippen LogP contribution in [0.4, 0.5) is 0 Å². The van der Waals surface area contributed by atoms with Crippen molar-refractivity contribution in [2.24, 2.45) is 17.8 Å². The van der Waals surface area contributed by atoms with Crippen LogP contribution < -0.4 is 5.32 Å². The van der Waals surface area contributed by atoms with E-state index in [1.165, 1.54) is 51.7 Å². The Labute approximate surface area is 125 Å². The van der Waals surface area contributed by atoms with Crippen LogP contribution in [0.3, 0.4) is 0 Å². The maximum absolute atomic E-state index is 5.29. The van der Waals surface area contributed by atoms with E-state index in [1.54, 1.807) is 0 Å². The maximum Gasteiger partial charge on any atom is 0.0589 e. The fourth-order valence-electron chi connectivity index (χ4n) is 3.57. The predicted octanol–water partition coefficient (Wildman–Crippen LogP) is 2.76. The number of ether oxygens (including phenoxy) is 1. The van der Waals surface area contributed by atoms with Crippen molar-refractivity contribution < 1.29 is 4.74 Å². The summed E-state index contributed by atoms with van der Waals surface area (Å²) in [5, 5.41) is 3.56. The molecule has 2 fully saturated rings. The molecule has 2 rings (SSSR count). The average molecular weight is 282 g/mol. The molecule has 1 aliphatic heterocycles. The average Bonchev–Trinajstić information content (AvgIpc) is 3.32. The van der Waals surface area contributed by atoms with Crippen molar-refractivity contribution in [3.8, 4) is 0 Å². The Morgan fingerprint density at radius 3 is 2.55 bits per heavy atom. The van der Waals surface area contributed by atoms with E-state index in [1.807, 2.05) is 7.11 Å². The van der Waals surface area contributed by atoms with E-state index in [2.05, 4.69) is 24.1 Å². The molecule has 1 saturated carbocycles. The van der Waals surface area contributed by atoms with Crippen LogP contribution in [0.5, 0.6) is 0 Å². The van der Waals surface area contributed by atoms with E-state index in [0.29, 0.717) is 0 Å². The fraction of sp³-hybridized carbons (Fsp3) is 1.00. The molecule has 3 nitrogen and oxygen atoms in total. The quantitative estimate of drug-likeness (QED) is 0.704. The van der Waals surface area contributed by atoms with Gasteiger partial charge in [0.2, 0.25) is 0 Å². The molecule has 0 radical (unpaired) electrons. The van der Waals surface area contributed by atoms with Gasteiger partial charge in [0, 0.05) is 19.7 Å². The largest absolute Gasteiger partial charge is 0.383 e. The molecule has 1 saturated heterocycles. The molecule has 1 heterocycles. The number of piperidine rings is 1. The third kappa shape index (κ3) is 5.01. The summed E-state index contributed by atoms with van der Waals surface area (Å²) < 4.78 is 5.29. The third-order valence-electron chi connectivity index (χ3n) is 5.47. The minimum Gasteiger partial charge on any atom is -0.383 e. The highest BCUT2D eigenvalue weighted by Gasteiger charge is 2.32. The standard InChI is InChI=1S/C17H34N2O/c1-14(17-5-4-9-18-13-17)8-10-19(11-12-20-3)15(2)16-6-7-16/h14-18H,4-13H2,1-3H3. The lowest BCUT2D eigenvalue weighted by atomic mass is 9.85. The molecule has 0 aromatic heterocycles. The molecule has 2 aliphatic rings. The smallest absolute Gasteiger partial charge is 0.0589 e. The van der Waals surface area contributed by atoms with Crippen molar-refractivity contribution >= 4 is 0 Å². The second-order valence-electron chi connectivity index (χ2n) is 6.98. The Morgan fingerprint density at radius 1 is 1.15 bits per heavy atom. The minimum atomic E-state index is 0.752. The molecule has 1 N–H and O–H groups in total. The first-order chi connectivity index (χ1) is 9.72.